The van der Waals surface area contributed by atoms with E-state index < -0.39 is 0 Å². The fourth-order valence-electron chi connectivity index (χ4n) is 2.50. The second-order valence-corrected chi connectivity index (χ2v) is 6.89. The number of carbonyl (C=O) groups excluding carboxylic acids is 1. The van der Waals surface area contributed by atoms with E-state index in [1.54, 1.807) is 23.3 Å². The molecule has 2 aromatic carbocycles. The summed E-state index contributed by atoms with van der Waals surface area (Å²) >= 11 is 1.63. The van der Waals surface area contributed by atoms with Crippen LogP contribution in [0.3, 0.4) is 0 Å². The van der Waals surface area contributed by atoms with Crippen molar-refractivity contribution >= 4 is 22.9 Å². The van der Waals surface area contributed by atoms with E-state index in [-0.39, 0.29) is 12.5 Å². The van der Waals surface area contributed by atoms with Gasteiger partial charge >= 0.3 is 0 Å². The fraction of sp³-hybridized carbons (Fsp3) is 0.190. The van der Waals surface area contributed by atoms with Crippen molar-refractivity contribution in [3.63, 3.8) is 0 Å². The third-order valence-corrected chi connectivity index (χ3v) is 4.82. The van der Waals surface area contributed by atoms with Crippen LogP contribution in [0, 0.1) is 6.92 Å². The molecule has 0 fully saturated rings. The summed E-state index contributed by atoms with van der Waals surface area (Å²) in [6.45, 7) is 2.52. The number of ether oxygens (including phenoxy) is 2. The van der Waals surface area contributed by atoms with Gasteiger partial charge in [0.05, 0.1) is 13.7 Å². The largest absolute Gasteiger partial charge is 0.497 e. The molecule has 5 heteroatoms. The zero-order valence-corrected chi connectivity index (χ0v) is 15.7. The zero-order valence-electron chi connectivity index (χ0n) is 14.8. The number of nitrogens with zero attached hydrogens (tertiary/aromatic N) is 1. The number of methoxy groups -OCH3 is 1. The molecule has 0 aliphatic rings. The van der Waals surface area contributed by atoms with Crippen LogP contribution in [-0.2, 0) is 11.3 Å². The van der Waals surface area contributed by atoms with Gasteiger partial charge in [-0.25, -0.2) is 0 Å². The first-order chi connectivity index (χ1) is 12.7. The summed E-state index contributed by atoms with van der Waals surface area (Å²) in [5.74, 6) is 1.35. The number of rotatable bonds is 7. The number of hydrogen-bond donors (Lipinski definition) is 0. The molecule has 0 radical (unpaired) electrons. The number of hydrogen-bond acceptors (Lipinski definition) is 4. The van der Waals surface area contributed by atoms with Crippen LogP contribution in [0.25, 0.3) is 0 Å². The van der Waals surface area contributed by atoms with Crippen LogP contribution in [0.15, 0.2) is 66.0 Å². The topological polar surface area (TPSA) is 38.8 Å². The molecule has 0 spiro atoms. The SMILES string of the molecule is COc1ccc(N(Cc2cccs2)C(=O)COc2ccc(C)cc2)cc1. The monoisotopic (exact) mass is 367 g/mol. The Morgan fingerprint density at radius 1 is 1.00 bits per heavy atom. The molecule has 0 N–H and O–H groups in total. The zero-order chi connectivity index (χ0) is 18.4. The van der Waals surface area contributed by atoms with Gasteiger partial charge in [-0.2, -0.15) is 0 Å². The molecule has 3 aromatic rings. The Balaban J connectivity index is 1.74. The quantitative estimate of drug-likeness (QED) is 0.609. The van der Waals surface area contributed by atoms with Gasteiger partial charge in [-0.15, -0.1) is 11.3 Å². The number of thiophene rings is 1. The lowest BCUT2D eigenvalue weighted by atomic mass is 10.2. The summed E-state index contributed by atoms with van der Waals surface area (Å²) in [6.07, 6.45) is 0. The first-order valence-corrected chi connectivity index (χ1v) is 9.20. The van der Waals surface area contributed by atoms with Crippen molar-refractivity contribution in [1.82, 2.24) is 0 Å². The van der Waals surface area contributed by atoms with Crippen LogP contribution >= 0.6 is 11.3 Å². The highest BCUT2D eigenvalue weighted by Gasteiger charge is 2.17. The minimum Gasteiger partial charge on any atom is -0.497 e. The summed E-state index contributed by atoms with van der Waals surface area (Å²) in [5.41, 5.74) is 1.97. The Labute approximate surface area is 157 Å². The molecular weight excluding hydrogens is 346 g/mol. The summed E-state index contributed by atoms with van der Waals surface area (Å²) in [6, 6.07) is 19.2. The van der Waals surface area contributed by atoms with E-state index in [2.05, 4.69) is 0 Å². The van der Waals surface area contributed by atoms with Crippen molar-refractivity contribution < 1.29 is 14.3 Å². The van der Waals surface area contributed by atoms with Crippen LogP contribution < -0.4 is 14.4 Å². The molecule has 1 amide bonds. The first kappa shape index (κ1) is 18.0. The van der Waals surface area contributed by atoms with Gasteiger partial charge in [-0.1, -0.05) is 23.8 Å². The van der Waals surface area contributed by atoms with E-state index in [4.69, 9.17) is 9.47 Å². The normalized spacial score (nSPS) is 10.4. The van der Waals surface area contributed by atoms with E-state index in [0.717, 1.165) is 21.9 Å². The predicted octanol–water partition coefficient (Wildman–Crippen LogP) is 4.68. The predicted molar refractivity (Wildman–Crippen MR) is 105 cm³/mol. The van der Waals surface area contributed by atoms with Crippen molar-refractivity contribution in [2.75, 3.05) is 18.6 Å². The lowest BCUT2D eigenvalue weighted by Crippen LogP contribution is -2.34. The third-order valence-electron chi connectivity index (χ3n) is 3.96. The highest BCUT2D eigenvalue weighted by Crippen LogP contribution is 2.23. The third kappa shape index (κ3) is 4.64. The Bertz CT molecular complexity index is 827. The molecule has 0 atom stereocenters. The average molecular weight is 367 g/mol. The number of benzene rings is 2. The summed E-state index contributed by atoms with van der Waals surface area (Å²) < 4.78 is 10.9. The Morgan fingerprint density at radius 3 is 2.31 bits per heavy atom. The molecule has 134 valence electrons. The Hall–Kier alpha value is -2.79. The van der Waals surface area contributed by atoms with Gasteiger partial charge in [0.2, 0.25) is 0 Å². The molecule has 0 bridgehead atoms. The van der Waals surface area contributed by atoms with E-state index in [0.29, 0.717) is 12.3 Å². The molecular formula is C21H21NO3S. The molecule has 1 heterocycles. The lowest BCUT2D eigenvalue weighted by Gasteiger charge is -2.22. The van der Waals surface area contributed by atoms with Gasteiger partial charge in [0.1, 0.15) is 11.5 Å². The summed E-state index contributed by atoms with van der Waals surface area (Å²) in [7, 11) is 1.62. The van der Waals surface area contributed by atoms with Crippen molar-refractivity contribution in [3.8, 4) is 11.5 Å². The second-order valence-electron chi connectivity index (χ2n) is 5.86. The second kappa shape index (κ2) is 8.54. The molecule has 0 saturated carbocycles. The maximum atomic E-state index is 12.8. The molecule has 4 nitrogen and oxygen atoms in total. The van der Waals surface area contributed by atoms with Crippen LogP contribution in [-0.4, -0.2) is 19.6 Å². The Kier molecular flexibility index (Phi) is 5.92. The molecule has 26 heavy (non-hydrogen) atoms. The van der Waals surface area contributed by atoms with Gasteiger partial charge in [0.25, 0.3) is 5.91 Å². The van der Waals surface area contributed by atoms with Crippen LogP contribution in [0.4, 0.5) is 5.69 Å². The number of aryl methyl sites for hydroxylation is 1. The van der Waals surface area contributed by atoms with E-state index >= 15 is 0 Å². The van der Waals surface area contributed by atoms with E-state index in [1.165, 1.54) is 0 Å². The van der Waals surface area contributed by atoms with Gasteiger partial charge in [-0.3, -0.25) is 4.79 Å². The minimum atomic E-state index is -0.0934. The minimum absolute atomic E-state index is 0.0134. The number of anilines is 1. The van der Waals surface area contributed by atoms with Crippen LogP contribution in [0.1, 0.15) is 10.4 Å². The first-order valence-electron chi connectivity index (χ1n) is 8.32. The van der Waals surface area contributed by atoms with Crippen molar-refractivity contribution in [2.45, 2.75) is 13.5 Å². The number of amides is 1. The molecule has 0 aliphatic heterocycles. The van der Waals surface area contributed by atoms with Gasteiger partial charge in [0.15, 0.2) is 6.61 Å². The maximum absolute atomic E-state index is 12.8. The van der Waals surface area contributed by atoms with Gasteiger partial charge < -0.3 is 14.4 Å². The lowest BCUT2D eigenvalue weighted by molar-refractivity contribution is -0.120. The molecule has 0 aliphatic carbocycles. The molecule has 0 unspecified atom stereocenters. The van der Waals surface area contributed by atoms with E-state index in [9.17, 15) is 4.79 Å². The van der Waals surface area contributed by atoms with E-state index in [1.807, 2.05) is 73.0 Å². The fourth-order valence-corrected chi connectivity index (χ4v) is 3.19. The number of carbonyl (C=O) groups is 1. The van der Waals surface area contributed by atoms with Crippen molar-refractivity contribution in [2.24, 2.45) is 0 Å². The smallest absolute Gasteiger partial charge is 0.265 e. The van der Waals surface area contributed by atoms with Crippen LogP contribution in [0.5, 0.6) is 11.5 Å². The van der Waals surface area contributed by atoms with Crippen molar-refractivity contribution in [1.29, 1.82) is 0 Å². The highest BCUT2D eigenvalue weighted by molar-refractivity contribution is 7.09. The van der Waals surface area contributed by atoms with Gasteiger partial charge in [-0.05, 0) is 54.8 Å². The molecule has 0 saturated heterocycles. The Morgan fingerprint density at radius 2 is 1.69 bits per heavy atom. The highest BCUT2D eigenvalue weighted by atomic mass is 32.1. The standard InChI is InChI=1S/C21H21NO3S/c1-16-5-9-19(10-6-16)25-15-21(23)22(14-20-4-3-13-26-20)17-7-11-18(24-2)12-8-17/h3-13H,14-15H2,1-2H3. The van der Waals surface area contributed by atoms with Gasteiger partial charge in [0, 0.05) is 10.6 Å². The molecule has 1 aromatic heterocycles. The molecule has 3 rings (SSSR count). The summed E-state index contributed by atoms with van der Waals surface area (Å²) in [5, 5.41) is 2.01. The van der Waals surface area contributed by atoms with Crippen molar-refractivity contribution in [3.05, 3.63) is 76.5 Å². The summed E-state index contributed by atoms with van der Waals surface area (Å²) in [4.78, 5) is 15.7. The maximum Gasteiger partial charge on any atom is 0.265 e. The average Bonchev–Trinajstić information content (AvgIpc) is 3.19. The van der Waals surface area contributed by atoms with Crippen LogP contribution in [0.2, 0.25) is 0 Å².